The normalized spacial score (nSPS) is 11.4. The van der Waals surface area contributed by atoms with Gasteiger partial charge in [-0.25, -0.2) is 4.39 Å². The summed E-state index contributed by atoms with van der Waals surface area (Å²) in [5.74, 6) is -0.212. The maximum Gasteiger partial charge on any atom is 0.124 e. The molecule has 2 aromatic rings. The molecule has 0 bridgehead atoms. The first kappa shape index (κ1) is 8.23. The fraction of sp³-hybridized carbons (Fsp3) is 0.300. The first-order chi connectivity index (χ1) is 6.18. The van der Waals surface area contributed by atoms with Crippen LogP contribution in [0.2, 0.25) is 0 Å². The Morgan fingerprint density at radius 1 is 1.38 bits per heavy atom. The molecule has 1 aromatic carbocycles. The van der Waals surface area contributed by atoms with Gasteiger partial charge < -0.3 is 0 Å². The highest BCUT2D eigenvalue weighted by Crippen LogP contribution is 2.18. The van der Waals surface area contributed by atoms with E-state index in [2.05, 4.69) is 18.9 Å². The quantitative estimate of drug-likeness (QED) is 0.656. The highest BCUT2D eigenvalue weighted by atomic mass is 19.1. The molecule has 0 radical (unpaired) electrons. The third kappa shape index (κ3) is 1.30. The van der Waals surface area contributed by atoms with Gasteiger partial charge in [0.15, 0.2) is 0 Å². The Bertz CT molecular complexity index is 431. The van der Waals surface area contributed by atoms with Gasteiger partial charge in [0.25, 0.3) is 0 Å². The molecule has 0 saturated heterocycles. The van der Waals surface area contributed by atoms with Crippen LogP contribution in [0.15, 0.2) is 24.4 Å². The molecule has 0 aliphatic carbocycles. The van der Waals surface area contributed by atoms with Crippen molar-refractivity contribution in [3.05, 3.63) is 30.2 Å². The summed E-state index contributed by atoms with van der Waals surface area (Å²) < 4.78 is 14.7. The van der Waals surface area contributed by atoms with E-state index in [9.17, 15) is 4.39 Å². The minimum absolute atomic E-state index is 0.212. The van der Waals surface area contributed by atoms with Crippen LogP contribution in [-0.4, -0.2) is 9.78 Å². The molecule has 0 N–H and O–H groups in total. The fourth-order valence-corrected chi connectivity index (χ4v) is 1.44. The average molecular weight is 178 g/mol. The van der Waals surface area contributed by atoms with Crippen molar-refractivity contribution in [2.24, 2.45) is 0 Å². The summed E-state index contributed by atoms with van der Waals surface area (Å²) in [7, 11) is 0. The van der Waals surface area contributed by atoms with Gasteiger partial charge in [-0.3, -0.25) is 4.68 Å². The first-order valence-corrected chi connectivity index (χ1v) is 4.31. The molecule has 1 aromatic heterocycles. The molecule has 3 heteroatoms. The Labute approximate surface area is 76.0 Å². The second kappa shape index (κ2) is 2.83. The van der Waals surface area contributed by atoms with Crippen molar-refractivity contribution in [3.8, 4) is 0 Å². The third-order valence-corrected chi connectivity index (χ3v) is 2.05. The zero-order chi connectivity index (χ0) is 9.42. The second-order valence-corrected chi connectivity index (χ2v) is 3.39. The molecular formula is C10H11FN2. The number of fused-ring (bicyclic) bond motifs is 1. The fourth-order valence-electron chi connectivity index (χ4n) is 1.44. The van der Waals surface area contributed by atoms with Gasteiger partial charge in [0.05, 0.1) is 11.7 Å². The number of aromatic nitrogens is 2. The van der Waals surface area contributed by atoms with E-state index in [4.69, 9.17) is 0 Å². The number of rotatable bonds is 1. The predicted octanol–water partition coefficient (Wildman–Crippen LogP) is 2.76. The molecule has 0 aliphatic heterocycles. The maximum atomic E-state index is 12.8. The number of hydrogen-bond donors (Lipinski definition) is 0. The van der Waals surface area contributed by atoms with Crippen molar-refractivity contribution in [1.82, 2.24) is 9.78 Å². The topological polar surface area (TPSA) is 17.8 Å². The van der Waals surface area contributed by atoms with Crippen LogP contribution in [0.1, 0.15) is 19.9 Å². The van der Waals surface area contributed by atoms with Gasteiger partial charge in [0.1, 0.15) is 5.82 Å². The molecule has 0 unspecified atom stereocenters. The van der Waals surface area contributed by atoms with Gasteiger partial charge in [-0.05, 0) is 32.0 Å². The van der Waals surface area contributed by atoms with Crippen LogP contribution in [0.25, 0.3) is 10.9 Å². The molecule has 2 nitrogen and oxygen atoms in total. The summed E-state index contributed by atoms with van der Waals surface area (Å²) in [6, 6.07) is 5.03. The maximum absolute atomic E-state index is 12.8. The van der Waals surface area contributed by atoms with Crippen LogP contribution < -0.4 is 0 Å². The smallest absolute Gasteiger partial charge is 0.124 e. The lowest BCUT2D eigenvalue weighted by Gasteiger charge is -2.06. The standard InChI is InChI=1S/C10H11FN2/c1-7(2)13-10-4-3-9(11)5-8(10)6-12-13/h3-7H,1-2H3. The molecule has 0 saturated carbocycles. The highest BCUT2D eigenvalue weighted by molar-refractivity contribution is 5.78. The Morgan fingerprint density at radius 3 is 2.85 bits per heavy atom. The van der Waals surface area contributed by atoms with E-state index in [1.54, 1.807) is 12.3 Å². The van der Waals surface area contributed by atoms with E-state index < -0.39 is 0 Å². The number of nitrogens with zero attached hydrogens (tertiary/aromatic N) is 2. The van der Waals surface area contributed by atoms with Gasteiger partial charge in [-0.1, -0.05) is 0 Å². The monoisotopic (exact) mass is 178 g/mol. The zero-order valence-electron chi connectivity index (χ0n) is 7.66. The van der Waals surface area contributed by atoms with E-state index in [1.807, 2.05) is 4.68 Å². The average Bonchev–Trinajstić information content (AvgIpc) is 2.46. The van der Waals surface area contributed by atoms with E-state index in [1.165, 1.54) is 12.1 Å². The molecule has 1 heterocycles. The van der Waals surface area contributed by atoms with Crippen molar-refractivity contribution >= 4 is 10.9 Å². The second-order valence-electron chi connectivity index (χ2n) is 3.39. The van der Waals surface area contributed by atoms with E-state index in [-0.39, 0.29) is 5.82 Å². The molecule has 68 valence electrons. The van der Waals surface area contributed by atoms with Crippen LogP contribution in [0.3, 0.4) is 0 Å². The van der Waals surface area contributed by atoms with E-state index in [0.717, 1.165) is 10.9 Å². The van der Waals surface area contributed by atoms with Crippen LogP contribution in [0.4, 0.5) is 4.39 Å². The lowest BCUT2D eigenvalue weighted by Crippen LogP contribution is -2.01. The van der Waals surface area contributed by atoms with Crippen molar-refractivity contribution < 1.29 is 4.39 Å². The number of halogens is 1. The highest BCUT2D eigenvalue weighted by Gasteiger charge is 2.05. The molecule has 0 spiro atoms. The molecule has 0 amide bonds. The zero-order valence-corrected chi connectivity index (χ0v) is 7.66. The molecular weight excluding hydrogens is 167 g/mol. The van der Waals surface area contributed by atoms with Gasteiger partial charge >= 0.3 is 0 Å². The summed E-state index contributed by atoms with van der Waals surface area (Å²) in [6.07, 6.45) is 1.69. The van der Waals surface area contributed by atoms with Gasteiger partial charge in [-0.2, -0.15) is 5.10 Å². The van der Waals surface area contributed by atoms with Crippen molar-refractivity contribution in [2.75, 3.05) is 0 Å². The number of benzene rings is 1. The largest absolute Gasteiger partial charge is 0.262 e. The minimum atomic E-state index is -0.212. The lowest BCUT2D eigenvalue weighted by molar-refractivity contribution is 0.550. The predicted molar refractivity (Wildman–Crippen MR) is 50.1 cm³/mol. The summed E-state index contributed by atoms with van der Waals surface area (Å²) >= 11 is 0. The summed E-state index contributed by atoms with van der Waals surface area (Å²) in [4.78, 5) is 0. The molecule has 2 rings (SSSR count). The summed E-state index contributed by atoms with van der Waals surface area (Å²) in [5, 5.41) is 5.04. The SMILES string of the molecule is CC(C)n1ncc2cc(F)ccc21. The van der Waals surface area contributed by atoms with Crippen molar-refractivity contribution in [3.63, 3.8) is 0 Å². The van der Waals surface area contributed by atoms with Gasteiger partial charge in [0.2, 0.25) is 0 Å². The van der Waals surface area contributed by atoms with E-state index >= 15 is 0 Å². The van der Waals surface area contributed by atoms with Crippen LogP contribution >= 0.6 is 0 Å². The third-order valence-electron chi connectivity index (χ3n) is 2.05. The minimum Gasteiger partial charge on any atom is -0.262 e. The molecule has 0 atom stereocenters. The van der Waals surface area contributed by atoms with Crippen LogP contribution in [0.5, 0.6) is 0 Å². The Morgan fingerprint density at radius 2 is 2.15 bits per heavy atom. The first-order valence-electron chi connectivity index (χ1n) is 4.31. The Hall–Kier alpha value is -1.38. The molecule has 13 heavy (non-hydrogen) atoms. The van der Waals surface area contributed by atoms with E-state index in [0.29, 0.717) is 6.04 Å². The Balaban J connectivity index is 2.69. The van der Waals surface area contributed by atoms with Crippen molar-refractivity contribution in [2.45, 2.75) is 19.9 Å². The molecule has 0 fully saturated rings. The van der Waals surface area contributed by atoms with Gasteiger partial charge in [-0.15, -0.1) is 0 Å². The number of hydrogen-bond acceptors (Lipinski definition) is 1. The summed E-state index contributed by atoms with van der Waals surface area (Å²) in [5.41, 5.74) is 0.983. The van der Waals surface area contributed by atoms with Crippen LogP contribution in [-0.2, 0) is 0 Å². The summed E-state index contributed by atoms with van der Waals surface area (Å²) in [6.45, 7) is 4.10. The molecule has 0 aliphatic rings. The van der Waals surface area contributed by atoms with Gasteiger partial charge in [0, 0.05) is 11.4 Å². The van der Waals surface area contributed by atoms with Crippen molar-refractivity contribution in [1.29, 1.82) is 0 Å². The Kier molecular flexibility index (Phi) is 1.79. The van der Waals surface area contributed by atoms with Crippen LogP contribution in [0, 0.1) is 5.82 Å². The lowest BCUT2D eigenvalue weighted by atomic mass is 10.2.